The second-order valence-corrected chi connectivity index (χ2v) is 6.16. The van der Waals surface area contributed by atoms with Crippen LogP contribution in [0.25, 0.3) is 10.1 Å². The van der Waals surface area contributed by atoms with Crippen LogP contribution in [0.3, 0.4) is 0 Å². The molecule has 2 aromatic carbocycles. The predicted octanol–water partition coefficient (Wildman–Crippen LogP) is 5.80. The van der Waals surface area contributed by atoms with Crippen LogP contribution < -0.4 is 0 Å². The molecule has 0 fully saturated rings. The topological polar surface area (TPSA) is 0 Å². The second-order valence-electron chi connectivity index (χ2n) is 4.33. The Bertz CT molecular complexity index is 759. The number of hydrogen-bond donors (Lipinski definition) is 0. The highest BCUT2D eigenvalue weighted by Gasteiger charge is 2.23. The molecule has 0 amide bonds. The normalized spacial score (nSPS) is 12.8. The van der Waals surface area contributed by atoms with Gasteiger partial charge >= 0.3 is 0 Å². The van der Waals surface area contributed by atoms with Crippen LogP contribution in [0.2, 0.25) is 0 Å². The first kappa shape index (κ1) is 13.6. The molecule has 0 aliphatic carbocycles. The summed E-state index contributed by atoms with van der Waals surface area (Å²) in [4.78, 5) is -0.653. The van der Waals surface area contributed by atoms with E-state index in [1.54, 1.807) is 0 Å². The van der Waals surface area contributed by atoms with Crippen LogP contribution in [0.4, 0.5) is 13.2 Å². The minimum Gasteiger partial charge on any atom is -0.207 e. The van der Waals surface area contributed by atoms with Gasteiger partial charge in [0.1, 0.15) is 17.5 Å². The molecule has 1 unspecified atom stereocenters. The van der Waals surface area contributed by atoms with Gasteiger partial charge in [-0.15, -0.1) is 11.3 Å². The van der Waals surface area contributed by atoms with Crippen molar-refractivity contribution in [2.24, 2.45) is 0 Å². The molecule has 3 aromatic rings. The van der Waals surface area contributed by atoms with E-state index in [-0.39, 0.29) is 5.56 Å². The van der Waals surface area contributed by atoms with Gasteiger partial charge in [0.2, 0.25) is 0 Å². The van der Waals surface area contributed by atoms with Crippen LogP contribution in [-0.4, -0.2) is 0 Å². The SMILES string of the molecule is Fc1cc(F)c(C(Br)c2csc3ccccc23)c(F)c1. The standard InChI is InChI=1S/C15H8BrF3S/c16-15(14-11(18)5-8(17)6-12(14)19)10-7-20-13-4-2-1-3-9(10)13/h1-7,15H. The molecule has 0 nitrogen and oxygen atoms in total. The first-order valence-electron chi connectivity index (χ1n) is 5.82. The van der Waals surface area contributed by atoms with Crippen molar-refractivity contribution in [3.63, 3.8) is 0 Å². The third-order valence-electron chi connectivity index (χ3n) is 3.08. The van der Waals surface area contributed by atoms with Crippen LogP contribution in [0.1, 0.15) is 16.0 Å². The molecular weight excluding hydrogens is 349 g/mol. The number of benzene rings is 2. The lowest BCUT2D eigenvalue weighted by Crippen LogP contribution is -2.01. The Hall–Kier alpha value is -1.33. The molecular formula is C15H8BrF3S. The summed E-state index contributed by atoms with van der Waals surface area (Å²) in [6, 6.07) is 9.01. The Balaban J connectivity index is 2.16. The number of rotatable bonds is 2. The van der Waals surface area contributed by atoms with Crippen molar-refractivity contribution in [3.8, 4) is 0 Å². The minimum absolute atomic E-state index is 0.171. The smallest absolute Gasteiger partial charge is 0.133 e. The molecule has 0 bridgehead atoms. The third kappa shape index (κ3) is 2.25. The molecule has 0 radical (unpaired) electrons. The van der Waals surface area contributed by atoms with Crippen LogP contribution in [-0.2, 0) is 0 Å². The molecule has 102 valence electrons. The maximum Gasteiger partial charge on any atom is 0.133 e. The molecule has 0 aliphatic heterocycles. The summed E-state index contributed by atoms with van der Waals surface area (Å²) in [5.74, 6) is -2.70. The van der Waals surface area contributed by atoms with E-state index < -0.39 is 22.3 Å². The van der Waals surface area contributed by atoms with Gasteiger partial charge in [0, 0.05) is 22.4 Å². The summed E-state index contributed by atoms with van der Waals surface area (Å²) in [6.45, 7) is 0. The molecule has 0 saturated carbocycles. The van der Waals surface area contributed by atoms with Gasteiger partial charge in [-0.2, -0.15) is 0 Å². The number of halogens is 4. The van der Waals surface area contributed by atoms with Crippen LogP contribution in [0, 0.1) is 17.5 Å². The molecule has 1 atom stereocenters. The first-order chi connectivity index (χ1) is 9.58. The number of alkyl halides is 1. The highest BCUT2D eigenvalue weighted by atomic mass is 79.9. The quantitative estimate of drug-likeness (QED) is 0.508. The van der Waals surface area contributed by atoms with Crippen molar-refractivity contribution in [1.29, 1.82) is 0 Å². The van der Waals surface area contributed by atoms with Gasteiger partial charge in [0.25, 0.3) is 0 Å². The number of fused-ring (bicyclic) bond motifs is 1. The number of hydrogen-bond acceptors (Lipinski definition) is 1. The van der Waals surface area contributed by atoms with Gasteiger partial charge in [0.15, 0.2) is 0 Å². The average molecular weight is 357 g/mol. The fourth-order valence-electron chi connectivity index (χ4n) is 2.15. The predicted molar refractivity (Wildman–Crippen MR) is 78.9 cm³/mol. The Morgan fingerprint density at radius 2 is 1.65 bits per heavy atom. The lowest BCUT2D eigenvalue weighted by atomic mass is 10.0. The lowest BCUT2D eigenvalue weighted by molar-refractivity contribution is 0.527. The molecule has 1 heterocycles. The Labute approximate surface area is 126 Å². The van der Waals surface area contributed by atoms with Crippen LogP contribution in [0.5, 0.6) is 0 Å². The van der Waals surface area contributed by atoms with Gasteiger partial charge in [0.05, 0.1) is 4.83 Å². The fourth-order valence-corrected chi connectivity index (χ4v) is 4.12. The molecule has 0 aliphatic rings. The van der Waals surface area contributed by atoms with Crippen molar-refractivity contribution in [2.45, 2.75) is 4.83 Å². The molecule has 0 saturated heterocycles. The average Bonchev–Trinajstić information content (AvgIpc) is 2.81. The molecule has 3 rings (SSSR count). The van der Waals surface area contributed by atoms with E-state index in [4.69, 9.17) is 0 Å². The molecule has 0 N–H and O–H groups in total. The summed E-state index contributed by atoms with van der Waals surface area (Å²) in [7, 11) is 0. The van der Waals surface area contributed by atoms with E-state index in [0.717, 1.165) is 15.6 Å². The van der Waals surface area contributed by atoms with Gasteiger partial charge in [-0.1, -0.05) is 34.1 Å². The van der Waals surface area contributed by atoms with Gasteiger partial charge in [-0.3, -0.25) is 0 Å². The fraction of sp³-hybridized carbons (Fsp3) is 0.0667. The third-order valence-corrected chi connectivity index (χ3v) is 5.01. The molecule has 0 spiro atoms. The summed E-state index contributed by atoms with van der Waals surface area (Å²) in [5.41, 5.74) is 0.602. The van der Waals surface area contributed by atoms with E-state index in [1.807, 2.05) is 29.6 Å². The zero-order chi connectivity index (χ0) is 14.3. The van der Waals surface area contributed by atoms with Crippen molar-refractivity contribution in [2.75, 3.05) is 0 Å². The van der Waals surface area contributed by atoms with E-state index >= 15 is 0 Å². The highest BCUT2D eigenvalue weighted by molar-refractivity contribution is 9.09. The monoisotopic (exact) mass is 356 g/mol. The highest BCUT2D eigenvalue weighted by Crippen LogP contribution is 2.40. The minimum atomic E-state index is -0.918. The van der Waals surface area contributed by atoms with Gasteiger partial charge < -0.3 is 0 Å². The zero-order valence-corrected chi connectivity index (χ0v) is 12.4. The van der Waals surface area contributed by atoms with E-state index in [1.165, 1.54) is 11.3 Å². The van der Waals surface area contributed by atoms with E-state index in [9.17, 15) is 13.2 Å². The summed E-state index contributed by atoms with van der Waals surface area (Å²) in [5, 5.41) is 2.79. The van der Waals surface area contributed by atoms with Crippen LogP contribution >= 0.6 is 27.3 Å². The van der Waals surface area contributed by atoms with Crippen molar-refractivity contribution < 1.29 is 13.2 Å². The van der Waals surface area contributed by atoms with Gasteiger partial charge in [-0.05, 0) is 22.4 Å². The Morgan fingerprint density at radius 1 is 1.00 bits per heavy atom. The van der Waals surface area contributed by atoms with Crippen molar-refractivity contribution in [1.82, 2.24) is 0 Å². The Morgan fingerprint density at radius 3 is 2.35 bits per heavy atom. The lowest BCUT2D eigenvalue weighted by Gasteiger charge is -2.12. The first-order valence-corrected chi connectivity index (χ1v) is 7.62. The molecule has 1 aromatic heterocycles. The summed E-state index contributed by atoms with van der Waals surface area (Å²) in [6.07, 6.45) is 0. The maximum absolute atomic E-state index is 13.8. The number of thiophene rings is 1. The van der Waals surface area contributed by atoms with Crippen LogP contribution in [0.15, 0.2) is 41.8 Å². The summed E-state index contributed by atoms with van der Waals surface area (Å²) < 4.78 is 41.7. The maximum atomic E-state index is 13.8. The molecule has 20 heavy (non-hydrogen) atoms. The van der Waals surface area contributed by atoms with E-state index in [0.29, 0.717) is 12.1 Å². The van der Waals surface area contributed by atoms with Crippen molar-refractivity contribution in [3.05, 3.63) is 70.4 Å². The van der Waals surface area contributed by atoms with Gasteiger partial charge in [-0.25, -0.2) is 13.2 Å². The molecule has 5 heteroatoms. The zero-order valence-electron chi connectivity index (χ0n) is 10.0. The largest absolute Gasteiger partial charge is 0.207 e. The second kappa shape index (κ2) is 5.22. The summed E-state index contributed by atoms with van der Waals surface area (Å²) >= 11 is 4.83. The van der Waals surface area contributed by atoms with Crippen molar-refractivity contribution >= 4 is 37.4 Å². The van der Waals surface area contributed by atoms with E-state index in [2.05, 4.69) is 15.9 Å². The Kier molecular flexibility index (Phi) is 3.56.